The normalized spacial score (nSPS) is 25.2. The Morgan fingerprint density at radius 3 is 3.27 bits per heavy atom. The lowest BCUT2D eigenvalue weighted by molar-refractivity contribution is 0.282. The average molecular weight is 243 g/mol. The minimum absolute atomic E-state index is 0.278. The second-order valence-electron chi connectivity index (χ2n) is 3.91. The third kappa shape index (κ3) is 2.75. The Morgan fingerprint density at radius 1 is 1.60 bits per heavy atom. The molecule has 0 radical (unpaired) electrons. The van der Waals surface area contributed by atoms with Crippen LogP contribution in [0.25, 0.3) is 0 Å². The van der Waals surface area contributed by atoms with Gasteiger partial charge in [0, 0.05) is 17.9 Å². The molecule has 15 heavy (non-hydrogen) atoms. The quantitative estimate of drug-likeness (QED) is 0.797. The molecule has 2 rings (SSSR count). The Morgan fingerprint density at radius 2 is 2.47 bits per heavy atom. The van der Waals surface area contributed by atoms with Crippen LogP contribution < -0.4 is 5.32 Å². The van der Waals surface area contributed by atoms with E-state index in [0.717, 1.165) is 13.0 Å². The fourth-order valence-corrected chi connectivity index (χ4v) is 4.46. The smallest absolute Gasteiger partial charge is 0.0649 e. The molecule has 0 amide bonds. The van der Waals surface area contributed by atoms with Gasteiger partial charge in [-0.3, -0.25) is 0 Å². The van der Waals surface area contributed by atoms with Crippen molar-refractivity contribution in [3.05, 3.63) is 17.0 Å². The molecule has 0 spiro atoms. The molecule has 1 aromatic rings. The van der Waals surface area contributed by atoms with Gasteiger partial charge in [0.1, 0.15) is 0 Å². The van der Waals surface area contributed by atoms with Crippen LogP contribution in [0.4, 0.5) is 0 Å². The molecule has 2 heterocycles. The van der Waals surface area contributed by atoms with Crippen molar-refractivity contribution in [2.45, 2.75) is 35.3 Å². The molecule has 1 aromatic heterocycles. The Balaban J connectivity index is 2.00. The number of nitrogens with one attached hydrogen (secondary N) is 1. The number of aliphatic hydroxyl groups is 1. The zero-order valence-corrected chi connectivity index (χ0v) is 10.5. The van der Waals surface area contributed by atoms with E-state index in [4.69, 9.17) is 5.11 Å². The minimum atomic E-state index is 0.278. The number of hydrogen-bond acceptors (Lipinski definition) is 4. The summed E-state index contributed by atoms with van der Waals surface area (Å²) in [4.78, 5) is 0. The molecule has 1 aliphatic heterocycles. The highest BCUT2D eigenvalue weighted by Gasteiger charge is 2.25. The van der Waals surface area contributed by atoms with Crippen LogP contribution in [0.1, 0.15) is 31.4 Å². The fourth-order valence-electron chi connectivity index (χ4n) is 1.90. The molecule has 4 heteroatoms. The monoisotopic (exact) mass is 243 g/mol. The van der Waals surface area contributed by atoms with Gasteiger partial charge in [-0.25, -0.2) is 0 Å². The second kappa shape index (κ2) is 5.34. The summed E-state index contributed by atoms with van der Waals surface area (Å²) < 4.78 is 1.47. The molecule has 84 valence electrons. The molecule has 0 aromatic carbocycles. The van der Waals surface area contributed by atoms with Gasteiger partial charge < -0.3 is 10.4 Å². The van der Waals surface area contributed by atoms with Gasteiger partial charge in [-0.05, 0) is 36.4 Å². The van der Waals surface area contributed by atoms with Gasteiger partial charge in [-0.1, -0.05) is 6.92 Å². The topological polar surface area (TPSA) is 32.3 Å². The maximum atomic E-state index is 8.76. The van der Waals surface area contributed by atoms with E-state index in [1.54, 1.807) is 0 Å². The molecule has 0 saturated heterocycles. The summed E-state index contributed by atoms with van der Waals surface area (Å²) in [7, 11) is 0. The van der Waals surface area contributed by atoms with E-state index in [0.29, 0.717) is 11.3 Å². The van der Waals surface area contributed by atoms with Crippen LogP contribution >= 0.6 is 23.1 Å². The third-order valence-electron chi connectivity index (χ3n) is 2.64. The zero-order chi connectivity index (χ0) is 10.7. The first-order chi connectivity index (χ1) is 7.31. The number of hydrogen-bond donors (Lipinski definition) is 2. The number of thioether (sulfide) groups is 1. The maximum absolute atomic E-state index is 8.76. The lowest BCUT2D eigenvalue weighted by Gasteiger charge is -2.27. The van der Waals surface area contributed by atoms with Crippen molar-refractivity contribution in [3.8, 4) is 0 Å². The van der Waals surface area contributed by atoms with Crippen molar-refractivity contribution in [2.75, 3.05) is 13.2 Å². The van der Waals surface area contributed by atoms with E-state index < -0.39 is 0 Å². The molecule has 0 fully saturated rings. The van der Waals surface area contributed by atoms with E-state index in [-0.39, 0.29) is 6.61 Å². The molecule has 2 atom stereocenters. The summed E-state index contributed by atoms with van der Waals surface area (Å²) in [5, 5.41) is 15.2. The van der Waals surface area contributed by atoms with Gasteiger partial charge in [0.15, 0.2) is 0 Å². The molecule has 0 bridgehead atoms. The second-order valence-corrected chi connectivity index (χ2v) is 6.53. The highest BCUT2D eigenvalue weighted by Crippen LogP contribution is 2.43. The zero-order valence-electron chi connectivity index (χ0n) is 8.90. The van der Waals surface area contributed by atoms with Crippen LogP contribution in [0.2, 0.25) is 0 Å². The first kappa shape index (κ1) is 11.5. The molecule has 2 N–H and O–H groups in total. The summed E-state index contributed by atoms with van der Waals surface area (Å²) in [6, 6.07) is 2.73. The SMILES string of the molecule is C[C@H]1CC(NCCCO)c2ccsc2S1. The summed E-state index contributed by atoms with van der Waals surface area (Å²) in [5.74, 6) is 0. The van der Waals surface area contributed by atoms with Gasteiger partial charge in [0.2, 0.25) is 0 Å². The number of rotatable bonds is 4. The molecule has 1 unspecified atom stereocenters. The first-order valence-electron chi connectivity index (χ1n) is 5.39. The van der Waals surface area contributed by atoms with Crippen LogP contribution in [0.5, 0.6) is 0 Å². The summed E-state index contributed by atoms with van der Waals surface area (Å²) in [5.41, 5.74) is 1.46. The van der Waals surface area contributed by atoms with Crippen molar-refractivity contribution in [1.82, 2.24) is 5.32 Å². The van der Waals surface area contributed by atoms with Gasteiger partial charge in [-0.15, -0.1) is 23.1 Å². The van der Waals surface area contributed by atoms with Crippen LogP contribution in [-0.4, -0.2) is 23.5 Å². The largest absolute Gasteiger partial charge is 0.396 e. The van der Waals surface area contributed by atoms with Gasteiger partial charge in [0.05, 0.1) is 4.21 Å². The van der Waals surface area contributed by atoms with Crippen molar-refractivity contribution in [1.29, 1.82) is 0 Å². The lowest BCUT2D eigenvalue weighted by Crippen LogP contribution is -2.27. The van der Waals surface area contributed by atoms with E-state index in [2.05, 4.69) is 23.7 Å². The molecule has 1 aliphatic rings. The van der Waals surface area contributed by atoms with Crippen molar-refractivity contribution < 1.29 is 5.11 Å². The van der Waals surface area contributed by atoms with Crippen molar-refractivity contribution in [2.24, 2.45) is 0 Å². The first-order valence-corrected chi connectivity index (χ1v) is 7.15. The maximum Gasteiger partial charge on any atom is 0.0649 e. The van der Waals surface area contributed by atoms with Crippen LogP contribution in [0, 0.1) is 0 Å². The third-order valence-corrected chi connectivity index (χ3v) is 4.98. The van der Waals surface area contributed by atoms with Crippen LogP contribution in [-0.2, 0) is 0 Å². The predicted molar refractivity (Wildman–Crippen MR) is 66.7 cm³/mol. The highest BCUT2D eigenvalue weighted by atomic mass is 32.2. The van der Waals surface area contributed by atoms with E-state index in [9.17, 15) is 0 Å². The molecule has 0 saturated carbocycles. The number of thiophene rings is 1. The van der Waals surface area contributed by atoms with Gasteiger partial charge in [-0.2, -0.15) is 0 Å². The van der Waals surface area contributed by atoms with Crippen molar-refractivity contribution >= 4 is 23.1 Å². The molecule has 2 nitrogen and oxygen atoms in total. The lowest BCUT2D eigenvalue weighted by atomic mass is 10.0. The molecular weight excluding hydrogens is 226 g/mol. The predicted octanol–water partition coefficient (Wildman–Crippen LogP) is 2.65. The summed E-state index contributed by atoms with van der Waals surface area (Å²) in [6.07, 6.45) is 2.04. The van der Waals surface area contributed by atoms with Gasteiger partial charge in [0.25, 0.3) is 0 Å². The van der Waals surface area contributed by atoms with Crippen LogP contribution in [0.3, 0.4) is 0 Å². The Hall–Kier alpha value is -0.0300. The van der Waals surface area contributed by atoms with Crippen molar-refractivity contribution in [3.63, 3.8) is 0 Å². The standard InChI is InChI=1S/C11H17NOS2/c1-8-7-10(12-4-2-5-13)9-3-6-14-11(9)15-8/h3,6,8,10,12-13H,2,4-5,7H2,1H3/t8-,10?/m0/s1. The Bertz CT molecular complexity index is 313. The Labute approximate surface area is 99.1 Å². The fraction of sp³-hybridized carbons (Fsp3) is 0.636. The Kier molecular flexibility index (Phi) is 4.08. The summed E-state index contributed by atoms with van der Waals surface area (Å²) >= 11 is 3.84. The number of fused-ring (bicyclic) bond motifs is 1. The highest BCUT2D eigenvalue weighted by molar-refractivity contribution is 8.01. The van der Waals surface area contributed by atoms with Gasteiger partial charge >= 0.3 is 0 Å². The number of aliphatic hydroxyl groups excluding tert-OH is 1. The average Bonchev–Trinajstić information content (AvgIpc) is 2.65. The van der Waals surface area contributed by atoms with E-state index >= 15 is 0 Å². The summed E-state index contributed by atoms with van der Waals surface area (Å²) in [6.45, 7) is 3.47. The van der Waals surface area contributed by atoms with Crippen LogP contribution in [0.15, 0.2) is 15.7 Å². The van der Waals surface area contributed by atoms with E-state index in [1.165, 1.54) is 16.2 Å². The molecule has 0 aliphatic carbocycles. The molecular formula is C11H17NOS2. The minimum Gasteiger partial charge on any atom is -0.396 e. The van der Waals surface area contributed by atoms with E-state index in [1.807, 2.05) is 23.1 Å².